The molecule has 2 aromatic carbocycles. The molecule has 0 spiro atoms. The van der Waals surface area contributed by atoms with Gasteiger partial charge >= 0.3 is 0 Å². The van der Waals surface area contributed by atoms with Crippen molar-refractivity contribution in [2.45, 2.75) is 11.4 Å². The fourth-order valence-corrected chi connectivity index (χ4v) is 4.26. The normalized spacial score (nSPS) is 20.0. The number of nitrogens with zero attached hydrogens (tertiary/aromatic N) is 1. The number of nitrogens with one attached hydrogen (secondary N) is 1. The van der Waals surface area contributed by atoms with Gasteiger partial charge in [-0.25, -0.2) is 0 Å². The molecule has 2 aromatic rings. The molecule has 2 N–H and O–H groups in total. The van der Waals surface area contributed by atoms with Crippen LogP contribution in [0.15, 0.2) is 47.6 Å². The predicted molar refractivity (Wildman–Crippen MR) is 103 cm³/mol. The van der Waals surface area contributed by atoms with E-state index in [9.17, 15) is 5.21 Å². The number of rotatable bonds is 6. The van der Waals surface area contributed by atoms with Crippen LogP contribution in [0.1, 0.15) is 16.5 Å². The van der Waals surface area contributed by atoms with Crippen molar-refractivity contribution in [1.82, 2.24) is 5.32 Å². The Hall–Kier alpha value is -2.38. The molecule has 2 atom stereocenters. The average Bonchev–Trinajstić information content (AvgIpc) is 3.18. The standard InChI is InChI=1S/C19H22N2O4S/c1-23-15-9-13(10-16(24-2)18(15)25-3)17(21-22)14-11-26-19(20-14)12-7-5-4-6-8-12/h4-10,14,19-20,22H,11H2,1-3H3/b21-17+. The number of hydrogen-bond acceptors (Lipinski definition) is 7. The number of ether oxygens (including phenoxy) is 3. The first-order chi connectivity index (χ1) is 12.7. The van der Waals surface area contributed by atoms with Gasteiger partial charge in [-0.1, -0.05) is 35.5 Å². The van der Waals surface area contributed by atoms with E-state index in [4.69, 9.17) is 14.2 Å². The van der Waals surface area contributed by atoms with E-state index in [-0.39, 0.29) is 11.4 Å². The van der Waals surface area contributed by atoms with Crippen molar-refractivity contribution in [3.63, 3.8) is 0 Å². The van der Waals surface area contributed by atoms with E-state index in [0.717, 1.165) is 5.75 Å². The maximum atomic E-state index is 9.68. The molecule has 1 heterocycles. The summed E-state index contributed by atoms with van der Waals surface area (Å²) in [5, 5.41) is 16.9. The quantitative estimate of drug-likeness (QED) is 0.459. The molecular weight excluding hydrogens is 352 g/mol. The van der Waals surface area contributed by atoms with Crippen molar-refractivity contribution in [2.24, 2.45) is 5.16 Å². The molecule has 1 aliphatic heterocycles. The van der Waals surface area contributed by atoms with Gasteiger partial charge < -0.3 is 19.4 Å². The second kappa shape index (κ2) is 8.33. The first-order valence-corrected chi connectivity index (χ1v) is 9.21. The SMILES string of the molecule is COc1cc(/C(=N\O)C2CSC(c3ccccc3)N2)cc(OC)c1OC. The molecule has 0 saturated carbocycles. The van der Waals surface area contributed by atoms with Gasteiger partial charge in [0.05, 0.1) is 32.7 Å². The minimum absolute atomic E-state index is 0.0991. The Bertz CT molecular complexity index is 757. The van der Waals surface area contributed by atoms with E-state index in [1.54, 1.807) is 45.2 Å². The molecular formula is C19H22N2O4S. The van der Waals surface area contributed by atoms with Gasteiger partial charge in [0.1, 0.15) is 5.71 Å². The van der Waals surface area contributed by atoms with Crippen LogP contribution >= 0.6 is 11.8 Å². The molecule has 2 unspecified atom stereocenters. The zero-order chi connectivity index (χ0) is 18.5. The lowest BCUT2D eigenvalue weighted by molar-refractivity contribution is 0.315. The second-order valence-corrected chi connectivity index (χ2v) is 6.88. The Morgan fingerprint density at radius 2 is 1.73 bits per heavy atom. The van der Waals surface area contributed by atoms with Gasteiger partial charge in [-0.3, -0.25) is 5.32 Å². The summed E-state index contributed by atoms with van der Waals surface area (Å²) in [6, 6.07) is 13.7. The number of oxime groups is 1. The second-order valence-electron chi connectivity index (χ2n) is 5.74. The Balaban J connectivity index is 1.88. The molecule has 26 heavy (non-hydrogen) atoms. The maximum absolute atomic E-state index is 9.68. The lowest BCUT2D eigenvalue weighted by Crippen LogP contribution is -2.35. The predicted octanol–water partition coefficient (Wildman–Crippen LogP) is 3.29. The van der Waals surface area contributed by atoms with Gasteiger partial charge in [0, 0.05) is 11.3 Å². The van der Waals surface area contributed by atoms with Crippen LogP contribution in [0.3, 0.4) is 0 Å². The van der Waals surface area contributed by atoms with Gasteiger partial charge in [-0.05, 0) is 17.7 Å². The van der Waals surface area contributed by atoms with E-state index >= 15 is 0 Å². The van der Waals surface area contributed by atoms with Crippen molar-refractivity contribution < 1.29 is 19.4 Å². The summed E-state index contributed by atoms with van der Waals surface area (Å²) in [6.07, 6.45) is 0. The Morgan fingerprint density at radius 3 is 2.27 bits per heavy atom. The minimum Gasteiger partial charge on any atom is -0.493 e. The van der Waals surface area contributed by atoms with Crippen molar-refractivity contribution in [1.29, 1.82) is 0 Å². The first kappa shape index (κ1) is 18.4. The van der Waals surface area contributed by atoms with E-state index in [2.05, 4.69) is 22.6 Å². The van der Waals surface area contributed by atoms with E-state index < -0.39 is 0 Å². The largest absolute Gasteiger partial charge is 0.493 e. The molecule has 0 amide bonds. The molecule has 6 nitrogen and oxygen atoms in total. The zero-order valence-corrected chi connectivity index (χ0v) is 15.7. The summed E-state index contributed by atoms with van der Waals surface area (Å²) in [5.41, 5.74) is 2.45. The third-order valence-corrected chi connectivity index (χ3v) is 5.55. The highest BCUT2D eigenvalue weighted by Gasteiger charge is 2.31. The lowest BCUT2D eigenvalue weighted by Gasteiger charge is -2.18. The molecule has 7 heteroatoms. The van der Waals surface area contributed by atoms with Crippen LogP contribution in [-0.4, -0.2) is 44.0 Å². The monoisotopic (exact) mass is 374 g/mol. The highest BCUT2D eigenvalue weighted by molar-refractivity contribution is 7.99. The molecule has 1 saturated heterocycles. The minimum atomic E-state index is -0.0991. The molecule has 3 rings (SSSR count). The van der Waals surface area contributed by atoms with Crippen molar-refractivity contribution in [2.75, 3.05) is 27.1 Å². The third kappa shape index (κ3) is 3.59. The number of hydrogen-bond donors (Lipinski definition) is 2. The van der Waals surface area contributed by atoms with Crippen LogP contribution in [-0.2, 0) is 0 Å². The smallest absolute Gasteiger partial charge is 0.203 e. The van der Waals surface area contributed by atoms with Gasteiger partial charge in [-0.15, -0.1) is 11.8 Å². The molecule has 1 fully saturated rings. The average molecular weight is 374 g/mol. The molecule has 0 bridgehead atoms. The number of benzene rings is 2. The van der Waals surface area contributed by atoms with E-state index in [1.807, 2.05) is 18.2 Å². The van der Waals surface area contributed by atoms with Crippen molar-refractivity contribution >= 4 is 17.5 Å². The summed E-state index contributed by atoms with van der Waals surface area (Å²) < 4.78 is 16.2. The van der Waals surface area contributed by atoms with Gasteiger partial charge in [-0.2, -0.15) is 0 Å². The van der Waals surface area contributed by atoms with E-state index in [0.29, 0.717) is 28.5 Å². The summed E-state index contributed by atoms with van der Waals surface area (Å²) >= 11 is 1.78. The number of methoxy groups -OCH3 is 3. The van der Waals surface area contributed by atoms with Crippen LogP contribution in [0.4, 0.5) is 0 Å². The Kier molecular flexibility index (Phi) is 5.90. The summed E-state index contributed by atoms with van der Waals surface area (Å²) in [5.74, 6) is 2.34. The lowest BCUT2D eigenvalue weighted by atomic mass is 10.0. The molecule has 0 aliphatic carbocycles. The highest BCUT2D eigenvalue weighted by Crippen LogP contribution is 2.40. The first-order valence-electron chi connectivity index (χ1n) is 8.16. The van der Waals surface area contributed by atoms with Gasteiger partial charge in [0.2, 0.25) is 5.75 Å². The topological polar surface area (TPSA) is 72.3 Å². The van der Waals surface area contributed by atoms with Crippen LogP contribution < -0.4 is 19.5 Å². The van der Waals surface area contributed by atoms with Crippen LogP contribution in [0.2, 0.25) is 0 Å². The maximum Gasteiger partial charge on any atom is 0.203 e. The molecule has 1 aliphatic rings. The molecule has 0 radical (unpaired) electrons. The van der Waals surface area contributed by atoms with Crippen LogP contribution in [0.25, 0.3) is 0 Å². The summed E-state index contributed by atoms with van der Waals surface area (Å²) in [7, 11) is 4.68. The molecule has 0 aromatic heterocycles. The third-order valence-electron chi connectivity index (χ3n) is 4.28. The summed E-state index contributed by atoms with van der Waals surface area (Å²) in [4.78, 5) is 0. The fourth-order valence-electron chi connectivity index (χ4n) is 3.01. The van der Waals surface area contributed by atoms with Gasteiger partial charge in [0.15, 0.2) is 11.5 Å². The van der Waals surface area contributed by atoms with Crippen molar-refractivity contribution in [3.8, 4) is 17.2 Å². The number of thioether (sulfide) groups is 1. The van der Waals surface area contributed by atoms with Crippen LogP contribution in [0, 0.1) is 0 Å². The zero-order valence-electron chi connectivity index (χ0n) is 14.9. The van der Waals surface area contributed by atoms with E-state index in [1.165, 1.54) is 5.56 Å². The van der Waals surface area contributed by atoms with Crippen LogP contribution in [0.5, 0.6) is 17.2 Å². The Labute approximate surface area is 157 Å². The highest BCUT2D eigenvalue weighted by atomic mass is 32.2. The Morgan fingerprint density at radius 1 is 1.08 bits per heavy atom. The van der Waals surface area contributed by atoms with Gasteiger partial charge in [0.25, 0.3) is 0 Å². The molecule has 138 valence electrons. The fraction of sp³-hybridized carbons (Fsp3) is 0.316. The summed E-state index contributed by atoms with van der Waals surface area (Å²) in [6.45, 7) is 0. The van der Waals surface area contributed by atoms with Crippen molar-refractivity contribution in [3.05, 3.63) is 53.6 Å².